The fraction of sp³-hybridized carbons (Fsp3) is 0.407. The number of rotatable bonds is 6. The van der Waals surface area contributed by atoms with E-state index in [2.05, 4.69) is 10.4 Å². The van der Waals surface area contributed by atoms with Crippen LogP contribution in [-0.2, 0) is 5.38 Å². The van der Waals surface area contributed by atoms with Gasteiger partial charge in [0.1, 0.15) is 28.3 Å². The van der Waals surface area contributed by atoms with Gasteiger partial charge in [-0.3, -0.25) is 9.59 Å². The minimum absolute atomic E-state index is 0.0457. The Labute approximate surface area is 248 Å². The van der Waals surface area contributed by atoms with Gasteiger partial charge in [0.2, 0.25) is 5.69 Å². The lowest BCUT2D eigenvalue weighted by Crippen LogP contribution is -2.87. The van der Waals surface area contributed by atoms with Crippen molar-refractivity contribution in [1.82, 2.24) is 19.2 Å². The number of carbonyl (C=O) groups excluding carboxylic acids is 1. The average molecular weight is 647 g/mol. The van der Waals surface area contributed by atoms with Crippen LogP contribution in [-0.4, -0.2) is 53.2 Å². The van der Waals surface area contributed by atoms with Crippen molar-refractivity contribution in [3.05, 3.63) is 86.7 Å². The summed E-state index contributed by atoms with van der Waals surface area (Å²) in [5.41, 5.74) is -15.7. The van der Waals surface area contributed by atoms with E-state index in [1.807, 2.05) is 0 Å². The molecule has 0 spiro atoms. The Bertz CT molecular complexity index is 1750. The SMILES string of the molecule is O=C(NC12CC3(F)CC(F)(CC(F)(C3)C1(O)Oc1ccccc1-n1nc(C(F)(F)Cl)c(=O)n(Cl)c1=O)C2)c1ccccc1. The van der Waals surface area contributed by atoms with E-state index in [1.54, 1.807) is 6.07 Å². The number of para-hydroxylation sites is 2. The lowest BCUT2D eigenvalue weighted by Gasteiger charge is -2.68. The highest BCUT2D eigenvalue weighted by Crippen LogP contribution is 2.68. The lowest BCUT2D eigenvalue weighted by molar-refractivity contribution is -0.362. The van der Waals surface area contributed by atoms with E-state index < -0.39 is 100 Å². The molecule has 4 bridgehead atoms. The molecule has 1 aromatic heterocycles. The molecule has 3 unspecified atom stereocenters. The molecule has 9 nitrogen and oxygen atoms in total. The van der Waals surface area contributed by atoms with Crippen LogP contribution in [0, 0.1) is 0 Å². The molecule has 43 heavy (non-hydrogen) atoms. The van der Waals surface area contributed by atoms with Crippen LogP contribution in [0.1, 0.15) is 48.2 Å². The number of nitrogens with zero attached hydrogens (tertiary/aromatic N) is 3. The van der Waals surface area contributed by atoms with E-state index in [9.17, 15) is 28.3 Å². The van der Waals surface area contributed by atoms with E-state index in [0.717, 1.165) is 12.1 Å². The second-order valence-corrected chi connectivity index (χ2v) is 12.2. The molecule has 1 amide bonds. The van der Waals surface area contributed by atoms with Gasteiger partial charge in [-0.1, -0.05) is 30.3 Å². The lowest BCUT2D eigenvalue weighted by atomic mass is 9.46. The highest BCUT2D eigenvalue weighted by molar-refractivity contribution is 6.21. The number of hydrogen-bond acceptors (Lipinski definition) is 6. The van der Waals surface area contributed by atoms with E-state index >= 15 is 13.2 Å². The zero-order valence-electron chi connectivity index (χ0n) is 21.8. The molecule has 228 valence electrons. The highest BCUT2D eigenvalue weighted by Gasteiger charge is 2.83. The fourth-order valence-electron chi connectivity index (χ4n) is 6.96. The zero-order valence-corrected chi connectivity index (χ0v) is 23.3. The zero-order chi connectivity index (χ0) is 31.2. The Morgan fingerprint density at radius 2 is 1.53 bits per heavy atom. The first-order chi connectivity index (χ1) is 19.9. The molecule has 4 fully saturated rings. The molecular weight excluding hydrogens is 626 g/mol. The van der Waals surface area contributed by atoms with Gasteiger partial charge < -0.3 is 15.2 Å². The van der Waals surface area contributed by atoms with E-state index in [0.29, 0.717) is 0 Å². The molecule has 4 aliphatic carbocycles. The normalized spacial score (nSPS) is 32.9. The molecule has 7 rings (SSSR count). The molecule has 1 heterocycles. The number of benzene rings is 2. The van der Waals surface area contributed by atoms with Gasteiger partial charge >= 0.3 is 16.6 Å². The average Bonchev–Trinajstić information content (AvgIpc) is 2.89. The van der Waals surface area contributed by atoms with Crippen molar-refractivity contribution >= 4 is 29.3 Å². The molecule has 4 saturated carbocycles. The number of ether oxygens (including phenoxy) is 1. The van der Waals surface area contributed by atoms with Crippen molar-refractivity contribution in [2.75, 3.05) is 0 Å². The van der Waals surface area contributed by atoms with Gasteiger partial charge in [0.15, 0.2) is 5.67 Å². The molecule has 0 radical (unpaired) electrons. The number of aromatic nitrogens is 3. The Hall–Kier alpha value is -3.49. The van der Waals surface area contributed by atoms with Crippen molar-refractivity contribution in [1.29, 1.82) is 0 Å². The minimum atomic E-state index is -4.38. The van der Waals surface area contributed by atoms with Gasteiger partial charge in [-0.25, -0.2) is 18.0 Å². The Morgan fingerprint density at radius 1 is 0.953 bits per heavy atom. The van der Waals surface area contributed by atoms with Gasteiger partial charge in [0, 0.05) is 49.4 Å². The second-order valence-electron chi connectivity index (χ2n) is 11.4. The van der Waals surface area contributed by atoms with Crippen LogP contribution in [0.5, 0.6) is 5.75 Å². The summed E-state index contributed by atoms with van der Waals surface area (Å²) in [4.78, 5) is 38.3. The smallest absolute Gasteiger partial charge is 0.372 e. The van der Waals surface area contributed by atoms with Gasteiger partial charge in [0.05, 0.1) is 0 Å². The molecule has 16 heteroatoms. The third-order valence-corrected chi connectivity index (χ3v) is 8.74. The molecule has 4 aliphatic rings. The summed E-state index contributed by atoms with van der Waals surface area (Å²) in [7, 11) is 0. The summed E-state index contributed by atoms with van der Waals surface area (Å²) in [5.74, 6) is -4.63. The summed E-state index contributed by atoms with van der Waals surface area (Å²) >= 11 is 10.7. The van der Waals surface area contributed by atoms with Crippen LogP contribution >= 0.6 is 23.4 Å². The van der Waals surface area contributed by atoms with Crippen LogP contribution in [0.4, 0.5) is 22.0 Å². The minimum Gasteiger partial charge on any atom is -0.454 e. The van der Waals surface area contributed by atoms with Crippen molar-refractivity contribution in [2.24, 2.45) is 0 Å². The molecular formula is C27H21Cl2F5N4O5. The van der Waals surface area contributed by atoms with Crippen LogP contribution in [0.25, 0.3) is 5.69 Å². The molecule has 3 aromatic rings. The number of hydrogen-bond donors (Lipinski definition) is 2. The maximum Gasteiger partial charge on any atom is 0.372 e. The van der Waals surface area contributed by atoms with Crippen molar-refractivity contribution in [2.45, 2.75) is 65.8 Å². The first-order valence-electron chi connectivity index (χ1n) is 12.9. The van der Waals surface area contributed by atoms with Gasteiger partial charge in [-0.05, 0) is 35.9 Å². The molecule has 0 aliphatic heterocycles. The van der Waals surface area contributed by atoms with Crippen LogP contribution in [0.15, 0.2) is 64.2 Å². The third-order valence-electron chi connectivity index (χ3n) is 8.26. The summed E-state index contributed by atoms with van der Waals surface area (Å²) in [5, 5.41) is 13.5. The summed E-state index contributed by atoms with van der Waals surface area (Å²) in [6.45, 7) is 0. The Kier molecular flexibility index (Phi) is 6.37. The predicted molar refractivity (Wildman–Crippen MR) is 142 cm³/mol. The molecule has 0 saturated heterocycles. The van der Waals surface area contributed by atoms with Crippen LogP contribution in [0.2, 0.25) is 0 Å². The molecule has 3 atom stereocenters. The number of nitrogens with one attached hydrogen (secondary N) is 1. The first-order valence-corrected chi connectivity index (χ1v) is 13.6. The van der Waals surface area contributed by atoms with Gasteiger partial charge in [-0.15, -0.1) is 0 Å². The van der Waals surface area contributed by atoms with E-state index in [4.69, 9.17) is 28.1 Å². The van der Waals surface area contributed by atoms with Crippen molar-refractivity contribution < 1.29 is 36.6 Å². The quantitative estimate of drug-likeness (QED) is 0.237. The fourth-order valence-corrected chi connectivity index (χ4v) is 7.23. The number of carbonyl (C=O) groups is 1. The van der Waals surface area contributed by atoms with Crippen LogP contribution in [0.3, 0.4) is 0 Å². The summed E-state index contributed by atoms with van der Waals surface area (Å²) < 4.78 is 82.7. The number of alkyl halides is 6. The Morgan fingerprint density at radius 3 is 2.14 bits per heavy atom. The molecule has 2 aromatic carbocycles. The summed E-state index contributed by atoms with van der Waals surface area (Å²) in [6.07, 6.45) is -4.10. The van der Waals surface area contributed by atoms with Crippen LogP contribution < -0.4 is 21.3 Å². The first kappa shape index (κ1) is 29.6. The second kappa shape index (κ2) is 9.26. The van der Waals surface area contributed by atoms with Gasteiger partial charge in [-0.2, -0.15) is 22.6 Å². The van der Waals surface area contributed by atoms with Crippen molar-refractivity contribution in [3.8, 4) is 11.4 Å². The Balaban J connectivity index is 1.51. The van der Waals surface area contributed by atoms with Gasteiger partial charge in [0.25, 0.3) is 11.7 Å². The summed E-state index contributed by atoms with van der Waals surface area (Å²) in [6, 6.07) is 12.2. The third kappa shape index (κ3) is 4.44. The monoisotopic (exact) mass is 646 g/mol. The predicted octanol–water partition coefficient (Wildman–Crippen LogP) is 4.04. The largest absolute Gasteiger partial charge is 0.454 e. The number of aliphatic hydroxyl groups is 1. The molecule has 2 N–H and O–H groups in total. The van der Waals surface area contributed by atoms with Crippen molar-refractivity contribution in [3.63, 3.8) is 0 Å². The highest BCUT2D eigenvalue weighted by atomic mass is 35.5. The number of amides is 1. The maximum absolute atomic E-state index is 16.9. The number of halogens is 7. The topological polar surface area (TPSA) is 115 Å². The maximum atomic E-state index is 16.9. The standard InChI is InChI=1S/C27H21Cl2F5N4O5/c28-26(33,34)18-20(40)37(29)21(41)38(36-18)16-8-4-5-9-17(16)43-27(42)24(32)11-22(30)10-23(31,12-24)14-25(27,13-22)35-19(39)15-6-2-1-3-7-15/h1-9,42H,10-14H2,(H,35,39). The van der Waals surface area contributed by atoms with E-state index in [1.165, 1.54) is 36.4 Å². The van der Waals surface area contributed by atoms with E-state index in [-0.39, 0.29) is 14.3 Å².